The second kappa shape index (κ2) is 5.37. The number of benzene rings is 1. The zero-order valence-corrected chi connectivity index (χ0v) is 11.5. The Balaban J connectivity index is 3.44. The van der Waals surface area contributed by atoms with Gasteiger partial charge in [0.1, 0.15) is 0 Å². The van der Waals surface area contributed by atoms with Crippen LogP contribution in [0.1, 0.15) is 17.3 Å². The number of sulfonamides is 1. The van der Waals surface area contributed by atoms with Gasteiger partial charge in [0, 0.05) is 26.7 Å². The molecule has 104 valence electrons. The Bertz CT molecular complexity index is 622. The highest BCUT2D eigenvalue weighted by Crippen LogP contribution is 2.21. The number of carboxylic acids is 1. The van der Waals surface area contributed by atoms with E-state index in [4.69, 9.17) is 5.11 Å². The number of carbonyl (C=O) groups is 2. The predicted molar refractivity (Wildman–Crippen MR) is 68.6 cm³/mol. The molecule has 0 bridgehead atoms. The number of anilines is 1. The maximum atomic E-state index is 12.0. The lowest BCUT2D eigenvalue weighted by atomic mass is 10.2. The molecule has 1 rings (SSSR count). The monoisotopic (exact) mass is 286 g/mol. The number of carboxylic acid groups (broad SMARTS) is 1. The summed E-state index contributed by atoms with van der Waals surface area (Å²) in [6.45, 7) is 1.24. The Kier molecular flexibility index (Phi) is 4.28. The summed E-state index contributed by atoms with van der Waals surface area (Å²) in [4.78, 5) is 21.7. The number of nitrogens with one attached hydrogen (secondary N) is 1. The second-order valence-electron chi connectivity index (χ2n) is 4.02. The molecule has 0 atom stereocenters. The van der Waals surface area contributed by atoms with Gasteiger partial charge in [-0.05, 0) is 18.2 Å². The van der Waals surface area contributed by atoms with Crippen LogP contribution in [0.2, 0.25) is 0 Å². The fourth-order valence-electron chi connectivity index (χ4n) is 1.36. The van der Waals surface area contributed by atoms with E-state index in [1.807, 2.05) is 0 Å². The van der Waals surface area contributed by atoms with Crippen LogP contribution in [0.4, 0.5) is 5.69 Å². The molecule has 19 heavy (non-hydrogen) atoms. The lowest BCUT2D eigenvalue weighted by Crippen LogP contribution is -2.23. The van der Waals surface area contributed by atoms with E-state index in [0.29, 0.717) is 0 Å². The molecule has 0 radical (unpaired) electrons. The van der Waals surface area contributed by atoms with Crippen molar-refractivity contribution in [2.75, 3.05) is 19.4 Å². The quantitative estimate of drug-likeness (QED) is 0.843. The third-order valence-corrected chi connectivity index (χ3v) is 4.05. The first-order valence-corrected chi connectivity index (χ1v) is 6.67. The van der Waals surface area contributed by atoms with Crippen LogP contribution < -0.4 is 5.32 Å². The number of hydrogen-bond acceptors (Lipinski definition) is 4. The molecule has 0 fully saturated rings. The van der Waals surface area contributed by atoms with Crippen LogP contribution in [0.5, 0.6) is 0 Å². The lowest BCUT2D eigenvalue weighted by molar-refractivity contribution is -0.114. The average Bonchev–Trinajstić information content (AvgIpc) is 2.27. The van der Waals surface area contributed by atoms with Crippen molar-refractivity contribution in [3.05, 3.63) is 23.8 Å². The SMILES string of the molecule is CC(=O)Nc1cc(C(=O)O)cc(S(=O)(=O)N(C)C)c1. The standard InChI is InChI=1S/C11H14N2O5S/c1-7(14)12-9-4-8(11(15)16)5-10(6-9)19(17,18)13(2)3/h4-6H,1-3H3,(H,12,14)(H,15,16). The average molecular weight is 286 g/mol. The van der Waals surface area contributed by atoms with Gasteiger partial charge in [-0.1, -0.05) is 0 Å². The first-order valence-electron chi connectivity index (χ1n) is 5.23. The van der Waals surface area contributed by atoms with Crippen molar-refractivity contribution in [3.8, 4) is 0 Å². The van der Waals surface area contributed by atoms with Gasteiger partial charge in [-0.2, -0.15) is 0 Å². The van der Waals surface area contributed by atoms with E-state index in [9.17, 15) is 18.0 Å². The van der Waals surface area contributed by atoms with Crippen LogP contribution in [0, 0.1) is 0 Å². The van der Waals surface area contributed by atoms with Crippen LogP contribution in [0.25, 0.3) is 0 Å². The summed E-state index contributed by atoms with van der Waals surface area (Å²) in [6, 6.07) is 3.45. The van der Waals surface area contributed by atoms with Gasteiger partial charge in [0.25, 0.3) is 0 Å². The van der Waals surface area contributed by atoms with E-state index < -0.39 is 21.9 Å². The van der Waals surface area contributed by atoms with E-state index in [0.717, 1.165) is 10.4 Å². The van der Waals surface area contributed by atoms with Crippen LogP contribution in [-0.4, -0.2) is 43.8 Å². The van der Waals surface area contributed by atoms with Gasteiger partial charge in [0.2, 0.25) is 15.9 Å². The largest absolute Gasteiger partial charge is 0.478 e. The lowest BCUT2D eigenvalue weighted by Gasteiger charge is -2.13. The molecule has 1 aromatic carbocycles. The normalized spacial score (nSPS) is 11.4. The van der Waals surface area contributed by atoms with Gasteiger partial charge in [-0.25, -0.2) is 17.5 Å². The molecule has 0 unspecified atom stereocenters. The second-order valence-corrected chi connectivity index (χ2v) is 6.17. The zero-order valence-electron chi connectivity index (χ0n) is 10.7. The first-order chi connectivity index (χ1) is 8.64. The van der Waals surface area contributed by atoms with Crippen molar-refractivity contribution >= 4 is 27.6 Å². The molecule has 7 nitrogen and oxygen atoms in total. The van der Waals surface area contributed by atoms with Crippen LogP contribution in [-0.2, 0) is 14.8 Å². The Morgan fingerprint density at radius 3 is 2.21 bits per heavy atom. The highest BCUT2D eigenvalue weighted by molar-refractivity contribution is 7.89. The van der Waals surface area contributed by atoms with E-state index >= 15 is 0 Å². The molecule has 1 amide bonds. The summed E-state index contributed by atoms with van der Waals surface area (Å²) in [5, 5.41) is 11.3. The highest BCUT2D eigenvalue weighted by Gasteiger charge is 2.20. The molecule has 0 saturated heterocycles. The van der Waals surface area contributed by atoms with Gasteiger partial charge in [0.05, 0.1) is 10.5 Å². The van der Waals surface area contributed by atoms with E-state index in [-0.39, 0.29) is 16.1 Å². The van der Waals surface area contributed by atoms with Crippen LogP contribution in [0.3, 0.4) is 0 Å². The minimum absolute atomic E-state index is 0.118. The Labute approximate surface area is 110 Å². The first kappa shape index (κ1) is 15.1. The number of carbonyl (C=O) groups excluding carboxylic acids is 1. The van der Waals surface area contributed by atoms with Crippen molar-refractivity contribution in [3.63, 3.8) is 0 Å². The topological polar surface area (TPSA) is 104 Å². The molecular formula is C11H14N2O5S. The summed E-state index contributed by atoms with van der Waals surface area (Å²) in [5.74, 6) is -1.70. The van der Waals surface area contributed by atoms with Crippen molar-refractivity contribution in [1.82, 2.24) is 4.31 Å². The maximum Gasteiger partial charge on any atom is 0.335 e. The highest BCUT2D eigenvalue weighted by atomic mass is 32.2. The number of amides is 1. The molecular weight excluding hydrogens is 272 g/mol. The zero-order chi connectivity index (χ0) is 14.8. The van der Waals surface area contributed by atoms with Gasteiger partial charge >= 0.3 is 5.97 Å². The minimum Gasteiger partial charge on any atom is -0.478 e. The van der Waals surface area contributed by atoms with Crippen molar-refractivity contribution in [2.45, 2.75) is 11.8 Å². The molecule has 0 saturated carbocycles. The maximum absolute atomic E-state index is 12.0. The van der Waals surface area contributed by atoms with E-state index in [1.54, 1.807) is 0 Å². The van der Waals surface area contributed by atoms with Crippen molar-refractivity contribution in [1.29, 1.82) is 0 Å². The number of nitrogens with zero attached hydrogens (tertiary/aromatic N) is 1. The smallest absolute Gasteiger partial charge is 0.335 e. The summed E-state index contributed by atoms with van der Waals surface area (Å²) in [7, 11) is -1.10. The number of aromatic carboxylic acids is 1. The van der Waals surface area contributed by atoms with Gasteiger partial charge in [0.15, 0.2) is 0 Å². The van der Waals surface area contributed by atoms with E-state index in [1.165, 1.54) is 33.2 Å². The summed E-state index contributed by atoms with van der Waals surface area (Å²) >= 11 is 0. The molecule has 0 aliphatic carbocycles. The van der Waals surface area contributed by atoms with E-state index in [2.05, 4.69) is 5.32 Å². The molecule has 0 heterocycles. The number of hydrogen-bond donors (Lipinski definition) is 2. The fraction of sp³-hybridized carbons (Fsp3) is 0.273. The Morgan fingerprint density at radius 1 is 1.21 bits per heavy atom. The number of rotatable bonds is 4. The van der Waals surface area contributed by atoms with Crippen LogP contribution in [0.15, 0.2) is 23.1 Å². The molecule has 0 aliphatic rings. The summed E-state index contributed by atoms with van der Waals surface area (Å²) in [5.41, 5.74) is -0.0977. The molecule has 0 spiro atoms. The summed E-state index contributed by atoms with van der Waals surface area (Å²) < 4.78 is 24.9. The third-order valence-electron chi connectivity index (χ3n) is 2.25. The predicted octanol–water partition coefficient (Wildman–Crippen LogP) is 0.593. The minimum atomic E-state index is -3.77. The van der Waals surface area contributed by atoms with Gasteiger partial charge in [-0.15, -0.1) is 0 Å². The van der Waals surface area contributed by atoms with Crippen molar-refractivity contribution < 1.29 is 23.1 Å². The van der Waals surface area contributed by atoms with Gasteiger partial charge < -0.3 is 10.4 Å². The van der Waals surface area contributed by atoms with Crippen molar-refractivity contribution in [2.24, 2.45) is 0 Å². The molecule has 0 aromatic heterocycles. The van der Waals surface area contributed by atoms with Gasteiger partial charge in [-0.3, -0.25) is 4.79 Å². The molecule has 8 heteroatoms. The molecule has 1 aromatic rings. The summed E-state index contributed by atoms with van der Waals surface area (Å²) in [6.07, 6.45) is 0. The Hall–Kier alpha value is -1.93. The van der Waals surface area contributed by atoms with Crippen LogP contribution >= 0.6 is 0 Å². The molecule has 2 N–H and O–H groups in total. The third kappa shape index (κ3) is 3.52. The molecule has 0 aliphatic heterocycles. The fourth-order valence-corrected chi connectivity index (χ4v) is 2.33. The Morgan fingerprint density at radius 2 is 1.79 bits per heavy atom.